The number of aromatic nitrogens is 1. The Morgan fingerprint density at radius 1 is 1.12 bits per heavy atom. The van der Waals surface area contributed by atoms with E-state index in [-0.39, 0.29) is 12.3 Å². The summed E-state index contributed by atoms with van der Waals surface area (Å²) in [5.74, 6) is 0.792. The van der Waals surface area contributed by atoms with Crippen molar-refractivity contribution >= 4 is 28.8 Å². The van der Waals surface area contributed by atoms with Gasteiger partial charge < -0.3 is 10.2 Å². The fourth-order valence-corrected chi connectivity index (χ4v) is 5.90. The normalized spacial score (nSPS) is 23.1. The Morgan fingerprint density at radius 3 is 2.50 bits per heavy atom. The van der Waals surface area contributed by atoms with Crippen molar-refractivity contribution in [2.75, 3.05) is 23.3 Å². The Kier molecular flexibility index (Phi) is 8.15. The number of aryl methyl sites for hydroxylation is 1. The number of benzene rings is 1. The lowest BCUT2D eigenvalue weighted by molar-refractivity contribution is -0.160. The molecule has 40 heavy (non-hydrogen) atoms. The number of halogens is 3. The summed E-state index contributed by atoms with van der Waals surface area (Å²) < 4.78 is 39.2. The molecular formula is C32H36F3N3O2. The van der Waals surface area contributed by atoms with E-state index >= 15 is 0 Å². The van der Waals surface area contributed by atoms with E-state index in [4.69, 9.17) is 0 Å². The van der Waals surface area contributed by atoms with Gasteiger partial charge >= 0.3 is 6.18 Å². The van der Waals surface area contributed by atoms with Gasteiger partial charge in [0.25, 0.3) is 5.91 Å². The second kappa shape index (κ2) is 11.6. The van der Waals surface area contributed by atoms with Gasteiger partial charge in [-0.3, -0.25) is 9.59 Å². The minimum atomic E-state index is -4.28. The van der Waals surface area contributed by atoms with Crippen LogP contribution in [0.4, 0.5) is 24.7 Å². The Balaban J connectivity index is 1.18. The monoisotopic (exact) mass is 551 g/mol. The van der Waals surface area contributed by atoms with Crippen LogP contribution >= 0.6 is 0 Å². The van der Waals surface area contributed by atoms with Crippen LogP contribution in [0, 0.1) is 30.6 Å². The standard InChI is InChI=1S/C32H36F3N3O2/c1-3-22-18-28(22)29(39)17-21-12-14-38(15-13-21)30-11-9-25(19-36-30)37-31(40)26-10-4-20(2)16-27(26)23-5-7-24(8-6-23)32(33,34)35/h4-7,9-11,16,19,21-22,24,28H,3,8,12-15,17-18H2,1-2H3,(H,37,40). The number of hydrogen-bond acceptors (Lipinski definition) is 4. The number of Topliss-reactive ketones (excluding diaryl/α,β-unsaturated/α-hetero) is 1. The average Bonchev–Trinajstić information content (AvgIpc) is 3.74. The maximum atomic E-state index is 13.2. The number of ketones is 1. The van der Waals surface area contributed by atoms with Gasteiger partial charge in [0.05, 0.1) is 17.8 Å². The van der Waals surface area contributed by atoms with Crippen molar-refractivity contribution in [3.63, 3.8) is 0 Å². The van der Waals surface area contributed by atoms with Crippen LogP contribution in [0.15, 0.2) is 54.8 Å². The van der Waals surface area contributed by atoms with Gasteiger partial charge in [0.2, 0.25) is 0 Å². The number of carbonyl (C=O) groups excluding carboxylic acids is 2. The Hall–Kier alpha value is -3.42. The molecule has 5 nitrogen and oxygen atoms in total. The van der Waals surface area contributed by atoms with Crippen LogP contribution in [0.5, 0.6) is 0 Å². The molecule has 8 heteroatoms. The highest BCUT2D eigenvalue weighted by atomic mass is 19.4. The number of anilines is 2. The minimum Gasteiger partial charge on any atom is -0.357 e. The molecule has 1 amide bonds. The van der Waals surface area contributed by atoms with Gasteiger partial charge in [-0.25, -0.2) is 4.98 Å². The molecule has 3 unspecified atom stereocenters. The zero-order chi connectivity index (χ0) is 28.4. The van der Waals surface area contributed by atoms with Crippen LogP contribution in [0.1, 0.15) is 66.9 Å². The van der Waals surface area contributed by atoms with E-state index in [9.17, 15) is 22.8 Å². The van der Waals surface area contributed by atoms with Crippen LogP contribution in [-0.4, -0.2) is 35.9 Å². The predicted molar refractivity (Wildman–Crippen MR) is 151 cm³/mol. The number of amides is 1. The van der Waals surface area contributed by atoms with E-state index in [0.717, 1.165) is 56.2 Å². The Bertz CT molecular complexity index is 1310. The van der Waals surface area contributed by atoms with Gasteiger partial charge in [-0.1, -0.05) is 49.3 Å². The van der Waals surface area contributed by atoms with Crippen molar-refractivity contribution < 1.29 is 22.8 Å². The van der Waals surface area contributed by atoms with Crippen LogP contribution in [0.2, 0.25) is 0 Å². The molecule has 2 aromatic rings. The maximum Gasteiger partial charge on any atom is 0.395 e. The number of allylic oxidation sites excluding steroid dienone is 4. The molecule has 2 aliphatic carbocycles. The third kappa shape index (κ3) is 6.48. The first kappa shape index (κ1) is 28.1. The number of carbonyl (C=O) groups is 2. The van der Waals surface area contributed by atoms with Crippen molar-refractivity contribution in [3.8, 4) is 0 Å². The molecule has 0 spiro atoms. The number of piperidine rings is 1. The molecule has 1 saturated carbocycles. The molecule has 3 aliphatic rings. The van der Waals surface area contributed by atoms with Gasteiger partial charge in [0.15, 0.2) is 0 Å². The van der Waals surface area contributed by atoms with E-state index in [1.54, 1.807) is 18.3 Å². The van der Waals surface area contributed by atoms with Crippen molar-refractivity contribution in [3.05, 3.63) is 71.4 Å². The number of pyridine rings is 1. The van der Waals surface area contributed by atoms with E-state index in [0.29, 0.717) is 52.3 Å². The van der Waals surface area contributed by atoms with E-state index in [1.807, 2.05) is 31.2 Å². The van der Waals surface area contributed by atoms with Crippen molar-refractivity contribution in [2.45, 2.75) is 58.5 Å². The molecular weight excluding hydrogens is 515 g/mol. The molecule has 1 saturated heterocycles. The molecule has 1 aliphatic heterocycles. The predicted octanol–water partition coefficient (Wildman–Crippen LogP) is 7.39. The quantitative estimate of drug-likeness (QED) is 0.372. The third-order valence-corrected chi connectivity index (χ3v) is 8.55. The number of rotatable bonds is 8. The fraction of sp³-hybridized carbons (Fsp3) is 0.469. The van der Waals surface area contributed by atoms with Crippen molar-refractivity contribution in [2.24, 2.45) is 23.7 Å². The highest BCUT2D eigenvalue weighted by Crippen LogP contribution is 2.43. The summed E-state index contributed by atoms with van der Waals surface area (Å²) in [6, 6.07) is 9.04. The third-order valence-electron chi connectivity index (χ3n) is 8.55. The molecule has 212 valence electrons. The van der Waals surface area contributed by atoms with Crippen LogP contribution in [-0.2, 0) is 4.79 Å². The first-order valence-corrected chi connectivity index (χ1v) is 14.2. The Morgan fingerprint density at radius 2 is 1.90 bits per heavy atom. The summed E-state index contributed by atoms with van der Waals surface area (Å²) in [4.78, 5) is 32.5. The second-order valence-electron chi connectivity index (χ2n) is 11.4. The molecule has 0 bridgehead atoms. The fourth-order valence-electron chi connectivity index (χ4n) is 5.90. The van der Waals surface area contributed by atoms with E-state index in [1.165, 1.54) is 6.08 Å². The average molecular weight is 552 g/mol. The molecule has 2 heterocycles. The summed E-state index contributed by atoms with van der Waals surface area (Å²) in [6.07, 6.45) is 6.18. The highest BCUT2D eigenvalue weighted by molar-refractivity contribution is 6.08. The zero-order valence-corrected chi connectivity index (χ0v) is 23.0. The largest absolute Gasteiger partial charge is 0.395 e. The topological polar surface area (TPSA) is 62.3 Å². The summed E-state index contributed by atoms with van der Waals surface area (Å²) in [5.41, 5.74) is 3.06. The first-order chi connectivity index (χ1) is 19.1. The van der Waals surface area contributed by atoms with Crippen LogP contribution < -0.4 is 10.2 Å². The van der Waals surface area contributed by atoms with Crippen molar-refractivity contribution in [1.29, 1.82) is 0 Å². The van der Waals surface area contributed by atoms with Crippen LogP contribution in [0.25, 0.3) is 5.57 Å². The Labute approximate surface area is 233 Å². The molecule has 1 aromatic carbocycles. The molecule has 1 N–H and O–H groups in total. The van der Waals surface area contributed by atoms with Crippen LogP contribution in [0.3, 0.4) is 0 Å². The lowest BCUT2D eigenvalue weighted by Gasteiger charge is -2.32. The summed E-state index contributed by atoms with van der Waals surface area (Å²) in [7, 11) is 0. The van der Waals surface area contributed by atoms with Gasteiger partial charge in [-0.05, 0) is 73.8 Å². The lowest BCUT2D eigenvalue weighted by atomic mass is 9.89. The number of alkyl halides is 3. The lowest BCUT2D eigenvalue weighted by Crippen LogP contribution is -2.35. The van der Waals surface area contributed by atoms with Gasteiger partial charge in [0, 0.05) is 31.0 Å². The van der Waals surface area contributed by atoms with Gasteiger partial charge in [0.1, 0.15) is 11.6 Å². The van der Waals surface area contributed by atoms with Gasteiger partial charge in [-0.2, -0.15) is 13.2 Å². The number of hydrogen-bond donors (Lipinski definition) is 1. The SMILES string of the molecule is CCC1CC1C(=O)CC1CCN(c2ccc(NC(=O)c3ccc(C)cc3C3=CCC(C(F)(F)F)C=C3)cn2)CC1. The van der Waals surface area contributed by atoms with E-state index in [2.05, 4.69) is 22.1 Å². The number of nitrogens with one attached hydrogen (secondary N) is 1. The molecule has 5 rings (SSSR count). The smallest absolute Gasteiger partial charge is 0.357 e. The highest BCUT2D eigenvalue weighted by Gasteiger charge is 2.41. The second-order valence-corrected chi connectivity index (χ2v) is 11.4. The number of nitrogens with zero attached hydrogens (tertiary/aromatic N) is 2. The molecule has 1 aromatic heterocycles. The zero-order valence-electron chi connectivity index (χ0n) is 23.0. The van der Waals surface area contributed by atoms with Crippen molar-refractivity contribution in [1.82, 2.24) is 4.98 Å². The molecule has 3 atom stereocenters. The molecule has 2 fully saturated rings. The summed E-state index contributed by atoms with van der Waals surface area (Å²) in [5, 5.41) is 2.89. The first-order valence-electron chi connectivity index (χ1n) is 14.2. The summed E-state index contributed by atoms with van der Waals surface area (Å²) in [6.45, 7) is 5.74. The minimum absolute atomic E-state index is 0.150. The van der Waals surface area contributed by atoms with E-state index < -0.39 is 12.1 Å². The van der Waals surface area contributed by atoms with Gasteiger partial charge in [-0.15, -0.1) is 0 Å². The summed E-state index contributed by atoms with van der Waals surface area (Å²) >= 11 is 0. The molecule has 0 radical (unpaired) electrons. The maximum absolute atomic E-state index is 13.2.